The Morgan fingerprint density at radius 3 is 2.79 bits per heavy atom. The van der Waals surface area contributed by atoms with Crippen molar-refractivity contribution < 1.29 is 9.72 Å². The average molecular weight is 329 g/mol. The molecule has 1 aliphatic carbocycles. The first-order valence-corrected chi connectivity index (χ1v) is 7.76. The number of anilines is 1. The summed E-state index contributed by atoms with van der Waals surface area (Å²) in [5, 5.41) is 21.4. The molecule has 8 nitrogen and oxygen atoms in total. The highest BCUT2D eigenvalue weighted by Gasteiger charge is 2.25. The first-order valence-electron chi connectivity index (χ1n) is 7.76. The van der Waals surface area contributed by atoms with Gasteiger partial charge in [0.2, 0.25) is 0 Å². The minimum absolute atomic E-state index is 0.111. The molecule has 1 aromatic carbocycles. The molecule has 1 aliphatic rings. The summed E-state index contributed by atoms with van der Waals surface area (Å²) >= 11 is 0. The van der Waals surface area contributed by atoms with Crippen LogP contribution in [-0.2, 0) is 13.6 Å². The Morgan fingerprint density at radius 1 is 1.46 bits per heavy atom. The van der Waals surface area contributed by atoms with Gasteiger partial charge in [-0.15, -0.1) is 0 Å². The van der Waals surface area contributed by atoms with E-state index in [-0.39, 0.29) is 17.6 Å². The van der Waals surface area contributed by atoms with Gasteiger partial charge in [0.15, 0.2) is 0 Å². The van der Waals surface area contributed by atoms with Crippen LogP contribution in [-0.4, -0.2) is 26.7 Å². The van der Waals surface area contributed by atoms with Gasteiger partial charge in [-0.25, -0.2) is 0 Å². The summed E-state index contributed by atoms with van der Waals surface area (Å²) in [7, 11) is 1.84. The predicted octanol–water partition coefficient (Wildman–Crippen LogP) is 2.14. The molecule has 1 saturated carbocycles. The third-order valence-electron chi connectivity index (χ3n) is 4.18. The number of nitro groups is 1. The Bertz CT molecular complexity index is 795. The van der Waals surface area contributed by atoms with Gasteiger partial charge in [0.05, 0.1) is 11.1 Å². The van der Waals surface area contributed by atoms with E-state index in [0.717, 1.165) is 24.1 Å². The van der Waals surface area contributed by atoms with E-state index in [1.54, 1.807) is 23.0 Å². The molecular weight excluding hydrogens is 310 g/mol. The van der Waals surface area contributed by atoms with Gasteiger partial charge in [0, 0.05) is 42.5 Å². The summed E-state index contributed by atoms with van der Waals surface area (Å²) in [5.41, 5.74) is 2.52. The lowest BCUT2D eigenvalue weighted by atomic mass is 10.1. The topological polar surface area (TPSA) is 102 Å². The van der Waals surface area contributed by atoms with E-state index in [9.17, 15) is 14.9 Å². The van der Waals surface area contributed by atoms with Gasteiger partial charge in [-0.1, -0.05) is 0 Å². The molecule has 24 heavy (non-hydrogen) atoms. The van der Waals surface area contributed by atoms with Crippen molar-refractivity contribution in [3.05, 3.63) is 51.3 Å². The maximum absolute atomic E-state index is 12.0. The van der Waals surface area contributed by atoms with Crippen molar-refractivity contribution in [3.8, 4) is 0 Å². The van der Waals surface area contributed by atoms with Crippen molar-refractivity contribution in [1.82, 2.24) is 15.1 Å². The molecule has 0 spiro atoms. The van der Waals surface area contributed by atoms with E-state index in [4.69, 9.17) is 0 Å². The van der Waals surface area contributed by atoms with Crippen molar-refractivity contribution in [1.29, 1.82) is 0 Å². The number of nitro benzene ring substituents is 1. The van der Waals surface area contributed by atoms with Crippen LogP contribution in [0.5, 0.6) is 0 Å². The lowest BCUT2D eigenvalue weighted by Crippen LogP contribution is -2.25. The highest BCUT2D eigenvalue weighted by atomic mass is 16.6. The highest BCUT2D eigenvalue weighted by molar-refractivity contribution is 5.96. The highest BCUT2D eigenvalue weighted by Crippen LogP contribution is 2.27. The average Bonchev–Trinajstić information content (AvgIpc) is 3.31. The first-order chi connectivity index (χ1) is 11.5. The van der Waals surface area contributed by atoms with Crippen molar-refractivity contribution in [3.63, 3.8) is 0 Å². The Balaban J connectivity index is 1.77. The molecule has 2 aromatic rings. The quantitative estimate of drug-likeness (QED) is 0.624. The molecule has 0 radical (unpaired) electrons. The van der Waals surface area contributed by atoms with Crippen LogP contribution >= 0.6 is 0 Å². The number of aryl methyl sites for hydroxylation is 1. The second-order valence-corrected chi connectivity index (χ2v) is 5.97. The minimum atomic E-state index is -0.480. The predicted molar refractivity (Wildman–Crippen MR) is 88.9 cm³/mol. The van der Waals surface area contributed by atoms with Gasteiger partial charge in [-0.3, -0.25) is 19.6 Å². The zero-order valence-corrected chi connectivity index (χ0v) is 13.6. The molecule has 1 fully saturated rings. The second kappa shape index (κ2) is 6.31. The van der Waals surface area contributed by atoms with E-state index in [1.165, 1.54) is 6.07 Å². The van der Waals surface area contributed by atoms with E-state index in [1.807, 2.05) is 14.0 Å². The molecule has 0 unspecified atom stereocenters. The minimum Gasteiger partial charge on any atom is -0.375 e. The fourth-order valence-corrected chi connectivity index (χ4v) is 2.38. The summed E-state index contributed by atoms with van der Waals surface area (Å²) in [6.45, 7) is 2.36. The molecule has 2 N–H and O–H groups in total. The van der Waals surface area contributed by atoms with Gasteiger partial charge in [0.1, 0.15) is 5.69 Å². The van der Waals surface area contributed by atoms with Crippen molar-refractivity contribution in [2.75, 3.05) is 5.32 Å². The number of carbonyl (C=O) groups excluding carboxylic acids is 1. The van der Waals surface area contributed by atoms with Gasteiger partial charge >= 0.3 is 0 Å². The number of carbonyl (C=O) groups is 1. The maximum Gasteiger partial charge on any atom is 0.293 e. The van der Waals surface area contributed by atoms with E-state index in [0.29, 0.717) is 17.8 Å². The van der Waals surface area contributed by atoms with Gasteiger partial charge in [-0.05, 0) is 31.9 Å². The molecule has 0 aliphatic heterocycles. The maximum atomic E-state index is 12.0. The summed E-state index contributed by atoms with van der Waals surface area (Å²) in [4.78, 5) is 22.9. The molecule has 1 heterocycles. The largest absolute Gasteiger partial charge is 0.375 e. The Morgan fingerprint density at radius 2 is 2.21 bits per heavy atom. The summed E-state index contributed by atoms with van der Waals surface area (Å²) in [6, 6.07) is 4.70. The molecule has 0 atom stereocenters. The molecule has 126 valence electrons. The lowest BCUT2D eigenvalue weighted by molar-refractivity contribution is -0.384. The molecule has 0 bridgehead atoms. The Labute approximate surface area is 139 Å². The lowest BCUT2D eigenvalue weighted by Gasteiger charge is -2.09. The standard InChI is InChI=1S/C16H19N5O3/c1-10-12(9-18-20(10)2)8-17-14-6-3-11(7-15(14)21(23)24)16(22)19-13-4-5-13/h3,6-7,9,13,17H,4-5,8H2,1-2H3,(H,19,22). The third-order valence-corrected chi connectivity index (χ3v) is 4.18. The number of benzene rings is 1. The van der Waals surface area contributed by atoms with Crippen LogP contribution in [0.1, 0.15) is 34.5 Å². The Hall–Kier alpha value is -2.90. The number of nitrogens with zero attached hydrogens (tertiary/aromatic N) is 3. The molecule has 8 heteroatoms. The fraction of sp³-hybridized carbons (Fsp3) is 0.375. The second-order valence-electron chi connectivity index (χ2n) is 5.97. The zero-order chi connectivity index (χ0) is 17.3. The van der Waals surface area contributed by atoms with Crippen molar-refractivity contribution >= 4 is 17.3 Å². The van der Waals surface area contributed by atoms with E-state index >= 15 is 0 Å². The fourth-order valence-electron chi connectivity index (χ4n) is 2.38. The van der Waals surface area contributed by atoms with Crippen molar-refractivity contribution in [2.45, 2.75) is 32.4 Å². The number of nitrogens with one attached hydrogen (secondary N) is 2. The van der Waals surface area contributed by atoms with Crippen LogP contribution in [0.2, 0.25) is 0 Å². The molecule has 1 aromatic heterocycles. The zero-order valence-electron chi connectivity index (χ0n) is 13.6. The number of hydrogen-bond donors (Lipinski definition) is 2. The molecule has 1 amide bonds. The molecule has 0 saturated heterocycles. The summed E-state index contributed by atoms with van der Waals surface area (Å²) < 4.78 is 1.75. The summed E-state index contributed by atoms with van der Waals surface area (Å²) in [6.07, 6.45) is 3.67. The van der Waals surface area contributed by atoms with Crippen LogP contribution in [0.15, 0.2) is 24.4 Å². The number of amides is 1. The SMILES string of the molecule is Cc1c(CNc2ccc(C(=O)NC3CC3)cc2[N+](=O)[O-])cnn1C. The normalized spacial score (nSPS) is 13.6. The monoisotopic (exact) mass is 329 g/mol. The van der Waals surface area contributed by atoms with Crippen LogP contribution in [0.4, 0.5) is 11.4 Å². The van der Waals surface area contributed by atoms with Crippen LogP contribution in [0, 0.1) is 17.0 Å². The van der Waals surface area contributed by atoms with E-state index in [2.05, 4.69) is 15.7 Å². The van der Waals surface area contributed by atoms with Gasteiger partial charge < -0.3 is 10.6 Å². The van der Waals surface area contributed by atoms with Crippen LogP contribution < -0.4 is 10.6 Å². The molecular formula is C16H19N5O3. The first kappa shape index (κ1) is 16.0. The van der Waals surface area contributed by atoms with Gasteiger partial charge in [-0.2, -0.15) is 5.10 Å². The third kappa shape index (κ3) is 3.37. The van der Waals surface area contributed by atoms with E-state index < -0.39 is 4.92 Å². The van der Waals surface area contributed by atoms with Crippen LogP contribution in [0.25, 0.3) is 0 Å². The van der Waals surface area contributed by atoms with Gasteiger partial charge in [0.25, 0.3) is 11.6 Å². The summed E-state index contributed by atoms with van der Waals surface area (Å²) in [5.74, 6) is -0.268. The number of hydrogen-bond acceptors (Lipinski definition) is 5. The molecule has 3 rings (SSSR count). The Kier molecular flexibility index (Phi) is 4.20. The van der Waals surface area contributed by atoms with Crippen molar-refractivity contribution in [2.24, 2.45) is 7.05 Å². The number of aromatic nitrogens is 2. The number of rotatable bonds is 6. The van der Waals surface area contributed by atoms with Crippen LogP contribution in [0.3, 0.4) is 0 Å². The smallest absolute Gasteiger partial charge is 0.293 e.